The van der Waals surface area contributed by atoms with E-state index in [-0.39, 0.29) is 10.6 Å². The van der Waals surface area contributed by atoms with Crippen LogP contribution in [-0.2, 0) is 6.42 Å². The summed E-state index contributed by atoms with van der Waals surface area (Å²) < 4.78 is 0. The van der Waals surface area contributed by atoms with Crippen molar-refractivity contribution in [1.82, 2.24) is 5.32 Å². The van der Waals surface area contributed by atoms with Gasteiger partial charge in [0.05, 0.1) is 4.92 Å². The van der Waals surface area contributed by atoms with Gasteiger partial charge in [0.1, 0.15) is 0 Å². The minimum absolute atomic E-state index is 0.237. The van der Waals surface area contributed by atoms with Crippen molar-refractivity contribution in [2.45, 2.75) is 39.7 Å². The van der Waals surface area contributed by atoms with Gasteiger partial charge in [0.25, 0.3) is 5.69 Å². The monoisotopic (exact) mass is 250 g/mol. The fourth-order valence-electron chi connectivity index (χ4n) is 2.06. The molecule has 0 heterocycles. The molecule has 0 saturated carbocycles. The molecule has 4 nitrogen and oxygen atoms in total. The summed E-state index contributed by atoms with van der Waals surface area (Å²) in [6.45, 7) is 7.39. The summed E-state index contributed by atoms with van der Waals surface area (Å²) in [5, 5.41) is 14.3. The van der Waals surface area contributed by atoms with E-state index in [1.165, 1.54) is 0 Å². The molecule has 100 valence electrons. The Morgan fingerprint density at radius 1 is 1.33 bits per heavy atom. The minimum Gasteiger partial charge on any atom is -0.314 e. The lowest BCUT2D eigenvalue weighted by atomic mass is 9.94. The fourth-order valence-corrected chi connectivity index (χ4v) is 2.06. The number of nitro benzene ring substituents is 1. The van der Waals surface area contributed by atoms with Crippen LogP contribution in [0.4, 0.5) is 5.69 Å². The molecule has 1 aromatic carbocycles. The molecule has 0 bridgehead atoms. The molecule has 4 heteroatoms. The lowest BCUT2D eigenvalue weighted by Gasteiger charge is -2.20. The number of aryl methyl sites for hydroxylation is 1. The summed E-state index contributed by atoms with van der Waals surface area (Å²) in [6, 6.07) is 7.45. The van der Waals surface area contributed by atoms with E-state index in [4.69, 9.17) is 0 Å². The number of hydrogen-bond acceptors (Lipinski definition) is 3. The number of nitrogens with zero attached hydrogens (tertiary/aromatic N) is 1. The summed E-state index contributed by atoms with van der Waals surface area (Å²) in [7, 11) is 0. The van der Waals surface area contributed by atoms with Gasteiger partial charge in [0.2, 0.25) is 0 Å². The smallest absolute Gasteiger partial charge is 0.272 e. The Bertz CT molecular complexity index is 393. The van der Waals surface area contributed by atoms with E-state index < -0.39 is 0 Å². The second kappa shape index (κ2) is 7.11. The highest BCUT2D eigenvalue weighted by Gasteiger charge is 2.15. The van der Waals surface area contributed by atoms with Crippen molar-refractivity contribution >= 4 is 5.69 Å². The van der Waals surface area contributed by atoms with E-state index in [0.717, 1.165) is 24.9 Å². The van der Waals surface area contributed by atoms with E-state index in [9.17, 15) is 10.1 Å². The second-order valence-electron chi connectivity index (χ2n) is 4.75. The van der Waals surface area contributed by atoms with Gasteiger partial charge in [0.15, 0.2) is 0 Å². The lowest BCUT2D eigenvalue weighted by molar-refractivity contribution is -0.385. The highest BCUT2D eigenvalue weighted by molar-refractivity contribution is 5.39. The topological polar surface area (TPSA) is 55.2 Å². The summed E-state index contributed by atoms with van der Waals surface area (Å²) in [5.74, 6) is 0.504. The molecule has 1 rings (SSSR count). The van der Waals surface area contributed by atoms with Crippen molar-refractivity contribution in [3.63, 3.8) is 0 Å². The molecule has 1 N–H and O–H groups in total. The molecule has 1 aromatic rings. The molecule has 0 spiro atoms. The van der Waals surface area contributed by atoms with Crippen molar-refractivity contribution < 1.29 is 4.92 Å². The normalized spacial score (nSPS) is 14.2. The molecule has 0 aliphatic rings. The highest BCUT2D eigenvalue weighted by atomic mass is 16.6. The minimum atomic E-state index is -0.298. The van der Waals surface area contributed by atoms with E-state index in [2.05, 4.69) is 26.1 Å². The molecule has 0 aromatic heterocycles. The number of para-hydroxylation sites is 1. The first-order valence-electron chi connectivity index (χ1n) is 6.52. The average Bonchev–Trinajstić information content (AvgIpc) is 2.36. The van der Waals surface area contributed by atoms with Gasteiger partial charge in [-0.3, -0.25) is 10.1 Å². The zero-order valence-corrected chi connectivity index (χ0v) is 11.3. The van der Waals surface area contributed by atoms with Crippen LogP contribution in [0, 0.1) is 16.0 Å². The number of hydrogen-bond donors (Lipinski definition) is 1. The van der Waals surface area contributed by atoms with Crippen molar-refractivity contribution in [1.29, 1.82) is 0 Å². The molecular formula is C14H22N2O2. The first-order valence-corrected chi connectivity index (χ1v) is 6.52. The summed E-state index contributed by atoms with van der Waals surface area (Å²) in [4.78, 5) is 10.6. The highest BCUT2D eigenvalue weighted by Crippen LogP contribution is 2.21. The number of nitro groups is 1. The van der Waals surface area contributed by atoms with Crippen molar-refractivity contribution in [3.05, 3.63) is 39.9 Å². The SMILES string of the molecule is CCNC(C)C(C)CCc1ccccc1[N+](=O)[O-]. The van der Waals surface area contributed by atoms with Gasteiger partial charge in [-0.1, -0.05) is 32.0 Å². The van der Waals surface area contributed by atoms with Crippen LogP contribution < -0.4 is 5.32 Å². The maximum atomic E-state index is 10.9. The Morgan fingerprint density at radius 2 is 2.00 bits per heavy atom. The van der Waals surface area contributed by atoms with Crippen LogP contribution in [0.2, 0.25) is 0 Å². The first kappa shape index (κ1) is 14.6. The van der Waals surface area contributed by atoms with Crippen molar-refractivity contribution in [3.8, 4) is 0 Å². The number of rotatable bonds is 7. The van der Waals surface area contributed by atoms with Gasteiger partial charge in [-0.2, -0.15) is 0 Å². The van der Waals surface area contributed by atoms with Crippen molar-refractivity contribution in [2.75, 3.05) is 6.54 Å². The Morgan fingerprint density at radius 3 is 2.61 bits per heavy atom. The van der Waals surface area contributed by atoms with Crippen molar-refractivity contribution in [2.24, 2.45) is 5.92 Å². The Kier molecular flexibility index (Phi) is 5.78. The standard InChI is InChI=1S/C14H22N2O2/c1-4-15-12(3)11(2)9-10-13-7-5-6-8-14(13)16(17)18/h5-8,11-12,15H,4,9-10H2,1-3H3. The second-order valence-corrected chi connectivity index (χ2v) is 4.75. The van der Waals surface area contributed by atoms with Crippen LogP contribution in [0.15, 0.2) is 24.3 Å². The maximum absolute atomic E-state index is 10.9. The zero-order valence-electron chi connectivity index (χ0n) is 11.3. The number of nitrogens with one attached hydrogen (secondary N) is 1. The molecule has 2 unspecified atom stereocenters. The quantitative estimate of drug-likeness (QED) is 0.597. The molecular weight excluding hydrogens is 228 g/mol. The average molecular weight is 250 g/mol. The summed E-state index contributed by atoms with van der Waals surface area (Å²) >= 11 is 0. The summed E-state index contributed by atoms with van der Waals surface area (Å²) in [5.41, 5.74) is 1.07. The van der Waals surface area contributed by atoms with Crippen LogP contribution in [0.5, 0.6) is 0 Å². The van der Waals surface area contributed by atoms with Crippen LogP contribution in [-0.4, -0.2) is 17.5 Å². The van der Waals surface area contributed by atoms with Gasteiger partial charge >= 0.3 is 0 Å². The van der Waals surface area contributed by atoms with Crippen LogP contribution in [0.25, 0.3) is 0 Å². The van der Waals surface area contributed by atoms with E-state index in [1.807, 2.05) is 12.1 Å². The third-order valence-electron chi connectivity index (χ3n) is 3.44. The van der Waals surface area contributed by atoms with E-state index in [1.54, 1.807) is 12.1 Å². The van der Waals surface area contributed by atoms with Gasteiger partial charge in [-0.05, 0) is 32.2 Å². The molecule has 0 aliphatic heterocycles. The molecule has 0 saturated heterocycles. The number of benzene rings is 1. The molecule has 0 amide bonds. The first-order chi connectivity index (χ1) is 8.56. The predicted molar refractivity (Wildman–Crippen MR) is 73.7 cm³/mol. The Hall–Kier alpha value is -1.42. The predicted octanol–water partition coefficient (Wildman–Crippen LogP) is 3.16. The molecule has 0 radical (unpaired) electrons. The lowest BCUT2D eigenvalue weighted by Crippen LogP contribution is -2.32. The van der Waals surface area contributed by atoms with Crippen LogP contribution in [0.3, 0.4) is 0 Å². The molecule has 2 atom stereocenters. The van der Waals surface area contributed by atoms with E-state index >= 15 is 0 Å². The Labute approximate surface area is 109 Å². The van der Waals surface area contributed by atoms with Gasteiger partial charge in [0, 0.05) is 17.7 Å². The van der Waals surface area contributed by atoms with Crippen LogP contribution >= 0.6 is 0 Å². The maximum Gasteiger partial charge on any atom is 0.272 e. The summed E-state index contributed by atoms with van der Waals surface area (Å²) in [6.07, 6.45) is 1.72. The Balaban J connectivity index is 2.60. The third-order valence-corrected chi connectivity index (χ3v) is 3.44. The van der Waals surface area contributed by atoms with Gasteiger partial charge in [-0.25, -0.2) is 0 Å². The molecule has 0 fully saturated rings. The van der Waals surface area contributed by atoms with E-state index in [0.29, 0.717) is 12.0 Å². The van der Waals surface area contributed by atoms with Crippen LogP contribution in [0.1, 0.15) is 32.8 Å². The third kappa shape index (κ3) is 4.11. The molecule has 18 heavy (non-hydrogen) atoms. The zero-order chi connectivity index (χ0) is 13.5. The van der Waals surface area contributed by atoms with Gasteiger partial charge < -0.3 is 5.32 Å². The van der Waals surface area contributed by atoms with Gasteiger partial charge in [-0.15, -0.1) is 0 Å². The largest absolute Gasteiger partial charge is 0.314 e. The molecule has 0 aliphatic carbocycles. The fraction of sp³-hybridized carbons (Fsp3) is 0.571.